The minimum absolute atomic E-state index is 0.0906. The van der Waals surface area contributed by atoms with Gasteiger partial charge in [-0.05, 0) is 43.2 Å². The lowest BCUT2D eigenvalue weighted by atomic mass is 9.94. The molecule has 130 valence electrons. The summed E-state index contributed by atoms with van der Waals surface area (Å²) in [6.07, 6.45) is 6.19. The van der Waals surface area contributed by atoms with Crippen LogP contribution in [-0.2, 0) is 4.79 Å². The molecule has 1 amide bonds. The molecule has 1 saturated carbocycles. The third-order valence-electron chi connectivity index (χ3n) is 5.60. The van der Waals surface area contributed by atoms with Crippen LogP contribution in [0.3, 0.4) is 0 Å². The lowest BCUT2D eigenvalue weighted by molar-refractivity contribution is -0.142. The Morgan fingerprint density at radius 3 is 2.80 bits per heavy atom. The van der Waals surface area contributed by atoms with Crippen LogP contribution in [-0.4, -0.2) is 44.3 Å². The van der Waals surface area contributed by atoms with Gasteiger partial charge >= 0.3 is 5.97 Å². The number of aromatic nitrogens is 2. The molecule has 0 bridgehead atoms. The maximum absolute atomic E-state index is 12.9. The number of hydrogen-bond donors (Lipinski definition) is 1. The molecule has 1 aromatic heterocycles. The molecule has 25 heavy (non-hydrogen) atoms. The van der Waals surface area contributed by atoms with Crippen molar-refractivity contribution in [1.82, 2.24) is 14.7 Å². The maximum Gasteiger partial charge on any atom is 0.326 e. The predicted octanol–water partition coefficient (Wildman–Crippen LogP) is 2.51. The molecule has 1 aliphatic heterocycles. The molecule has 2 heterocycles. The van der Waals surface area contributed by atoms with E-state index in [9.17, 15) is 14.7 Å². The molecule has 6 nitrogen and oxygen atoms in total. The molecule has 2 fully saturated rings. The minimum Gasteiger partial charge on any atom is -0.480 e. The van der Waals surface area contributed by atoms with Crippen LogP contribution in [0.5, 0.6) is 0 Å². The molecule has 1 aliphatic carbocycles. The van der Waals surface area contributed by atoms with Gasteiger partial charge in [0.25, 0.3) is 5.91 Å². The fraction of sp³-hybridized carbons (Fsp3) is 0.421. The van der Waals surface area contributed by atoms with E-state index in [1.54, 1.807) is 10.9 Å². The van der Waals surface area contributed by atoms with E-state index in [2.05, 4.69) is 5.10 Å². The molecule has 0 spiro atoms. The van der Waals surface area contributed by atoms with Crippen LogP contribution < -0.4 is 0 Å². The monoisotopic (exact) mass is 339 g/mol. The van der Waals surface area contributed by atoms with Crippen molar-refractivity contribution in [3.05, 3.63) is 47.8 Å². The summed E-state index contributed by atoms with van der Waals surface area (Å²) in [6.45, 7) is 2.52. The maximum atomic E-state index is 12.9. The topological polar surface area (TPSA) is 75.4 Å². The van der Waals surface area contributed by atoms with Crippen molar-refractivity contribution in [1.29, 1.82) is 0 Å². The Morgan fingerprint density at radius 1 is 1.24 bits per heavy atom. The number of benzene rings is 1. The standard InChI is InChI=1S/C19H21N3O3/c1-12-5-2-3-8-16(12)22-11-14(9-20-22)18(23)21-10-13-6-4-7-15(13)17(21)19(24)25/h2-3,5,8-9,11,13,15,17H,4,6-7,10H2,1H3,(H,24,25). The number of fused-ring (bicyclic) bond motifs is 1. The van der Waals surface area contributed by atoms with Crippen LogP contribution in [0.2, 0.25) is 0 Å². The molecule has 0 radical (unpaired) electrons. The number of carboxylic acids is 1. The second-order valence-electron chi connectivity index (χ2n) is 7.06. The van der Waals surface area contributed by atoms with Crippen LogP contribution >= 0.6 is 0 Å². The van der Waals surface area contributed by atoms with Crippen LogP contribution in [0.1, 0.15) is 35.2 Å². The Labute approximate surface area is 146 Å². The van der Waals surface area contributed by atoms with Crippen molar-refractivity contribution in [2.75, 3.05) is 6.54 Å². The Kier molecular flexibility index (Phi) is 3.82. The first-order valence-electron chi connectivity index (χ1n) is 8.70. The van der Waals surface area contributed by atoms with E-state index in [1.165, 1.54) is 11.1 Å². The molecule has 1 aromatic carbocycles. The average molecular weight is 339 g/mol. The zero-order chi connectivity index (χ0) is 17.6. The summed E-state index contributed by atoms with van der Waals surface area (Å²) in [6, 6.07) is 7.10. The number of aryl methyl sites for hydroxylation is 1. The van der Waals surface area contributed by atoms with Gasteiger partial charge in [0.1, 0.15) is 6.04 Å². The van der Waals surface area contributed by atoms with Gasteiger partial charge in [0, 0.05) is 12.7 Å². The SMILES string of the molecule is Cc1ccccc1-n1cc(C(=O)N2CC3CCCC3C2C(=O)O)cn1. The highest BCUT2D eigenvalue weighted by Gasteiger charge is 2.49. The number of aliphatic carboxylic acids is 1. The number of carbonyl (C=O) groups is 2. The van der Waals surface area contributed by atoms with E-state index < -0.39 is 12.0 Å². The fourth-order valence-electron chi connectivity index (χ4n) is 4.38. The van der Waals surface area contributed by atoms with Gasteiger partial charge in [0.15, 0.2) is 0 Å². The van der Waals surface area contributed by atoms with E-state index in [-0.39, 0.29) is 11.8 Å². The zero-order valence-corrected chi connectivity index (χ0v) is 14.1. The lowest BCUT2D eigenvalue weighted by Gasteiger charge is -2.23. The first-order valence-corrected chi connectivity index (χ1v) is 8.70. The molecule has 3 unspecified atom stereocenters. The Balaban J connectivity index is 1.61. The van der Waals surface area contributed by atoms with Crippen molar-refractivity contribution in [3.63, 3.8) is 0 Å². The van der Waals surface area contributed by atoms with E-state index in [4.69, 9.17) is 0 Å². The molecule has 4 rings (SSSR count). The van der Waals surface area contributed by atoms with E-state index >= 15 is 0 Å². The number of amides is 1. The third kappa shape index (κ3) is 2.62. The van der Waals surface area contributed by atoms with Gasteiger partial charge in [0.05, 0.1) is 17.4 Å². The minimum atomic E-state index is -0.894. The number of likely N-dealkylation sites (tertiary alicyclic amines) is 1. The van der Waals surface area contributed by atoms with Gasteiger partial charge in [-0.25, -0.2) is 9.48 Å². The summed E-state index contributed by atoms with van der Waals surface area (Å²) >= 11 is 0. The molecular formula is C19H21N3O3. The lowest BCUT2D eigenvalue weighted by Crippen LogP contribution is -2.43. The van der Waals surface area contributed by atoms with Crippen molar-refractivity contribution in [3.8, 4) is 5.69 Å². The number of rotatable bonds is 3. The molecule has 3 atom stereocenters. The molecule has 6 heteroatoms. The summed E-state index contributed by atoms with van der Waals surface area (Å²) in [5.41, 5.74) is 2.41. The Bertz CT molecular complexity index is 829. The molecule has 1 saturated heterocycles. The summed E-state index contributed by atoms with van der Waals surface area (Å²) < 4.78 is 1.68. The van der Waals surface area contributed by atoms with Crippen LogP contribution in [0, 0.1) is 18.8 Å². The van der Waals surface area contributed by atoms with Crippen LogP contribution in [0.25, 0.3) is 5.69 Å². The fourth-order valence-corrected chi connectivity index (χ4v) is 4.38. The Morgan fingerprint density at radius 2 is 2.04 bits per heavy atom. The number of para-hydroxylation sites is 1. The third-order valence-corrected chi connectivity index (χ3v) is 5.60. The van der Waals surface area contributed by atoms with Gasteiger partial charge in [-0.15, -0.1) is 0 Å². The van der Waals surface area contributed by atoms with Gasteiger partial charge in [-0.1, -0.05) is 24.6 Å². The van der Waals surface area contributed by atoms with Gasteiger partial charge in [0.2, 0.25) is 0 Å². The highest BCUT2D eigenvalue weighted by molar-refractivity contribution is 5.96. The summed E-state index contributed by atoms with van der Waals surface area (Å²) in [4.78, 5) is 26.2. The molecule has 1 N–H and O–H groups in total. The molecule has 2 aromatic rings. The zero-order valence-electron chi connectivity index (χ0n) is 14.1. The average Bonchev–Trinajstić information content (AvgIpc) is 3.29. The highest BCUT2D eigenvalue weighted by atomic mass is 16.4. The quantitative estimate of drug-likeness (QED) is 0.932. The van der Waals surface area contributed by atoms with Crippen molar-refractivity contribution < 1.29 is 14.7 Å². The van der Waals surface area contributed by atoms with Crippen LogP contribution in [0.15, 0.2) is 36.7 Å². The second-order valence-corrected chi connectivity index (χ2v) is 7.06. The van der Waals surface area contributed by atoms with E-state index in [0.717, 1.165) is 30.5 Å². The predicted molar refractivity (Wildman–Crippen MR) is 91.6 cm³/mol. The van der Waals surface area contributed by atoms with E-state index in [0.29, 0.717) is 18.0 Å². The summed E-state index contributed by atoms with van der Waals surface area (Å²) in [7, 11) is 0. The highest BCUT2D eigenvalue weighted by Crippen LogP contribution is 2.42. The van der Waals surface area contributed by atoms with Crippen LogP contribution in [0.4, 0.5) is 0 Å². The van der Waals surface area contributed by atoms with Gasteiger partial charge in [-0.3, -0.25) is 4.79 Å². The Hall–Kier alpha value is -2.63. The van der Waals surface area contributed by atoms with Gasteiger partial charge < -0.3 is 10.0 Å². The number of nitrogens with zero attached hydrogens (tertiary/aromatic N) is 3. The van der Waals surface area contributed by atoms with Crippen molar-refractivity contribution in [2.45, 2.75) is 32.2 Å². The number of carbonyl (C=O) groups excluding carboxylic acids is 1. The second kappa shape index (κ2) is 6.02. The smallest absolute Gasteiger partial charge is 0.326 e. The summed E-state index contributed by atoms with van der Waals surface area (Å²) in [5, 5.41) is 13.9. The normalized spacial score (nSPS) is 25.2. The van der Waals surface area contributed by atoms with Crippen molar-refractivity contribution in [2.24, 2.45) is 11.8 Å². The molecular weight excluding hydrogens is 318 g/mol. The largest absolute Gasteiger partial charge is 0.480 e. The first kappa shape index (κ1) is 15.9. The molecule has 2 aliphatic rings. The van der Waals surface area contributed by atoms with Gasteiger partial charge in [-0.2, -0.15) is 5.10 Å². The number of hydrogen-bond acceptors (Lipinski definition) is 3. The summed E-state index contributed by atoms with van der Waals surface area (Å²) in [5.74, 6) is -0.722. The number of carboxylic acid groups (broad SMARTS) is 1. The first-order chi connectivity index (χ1) is 12.1. The van der Waals surface area contributed by atoms with Crippen molar-refractivity contribution >= 4 is 11.9 Å². The van der Waals surface area contributed by atoms with E-state index in [1.807, 2.05) is 31.2 Å².